The van der Waals surface area contributed by atoms with E-state index in [2.05, 4.69) is 34.6 Å². The first-order valence-electron chi connectivity index (χ1n) is 7.13. The summed E-state index contributed by atoms with van der Waals surface area (Å²) in [5.41, 5.74) is 0. The van der Waals surface area contributed by atoms with Crippen LogP contribution in [0.15, 0.2) is 0 Å². The Balaban J connectivity index is 0. The fourth-order valence-corrected chi connectivity index (χ4v) is 2.45. The van der Waals surface area contributed by atoms with E-state index in [4.69, 9.17) is 18.9 Å². The second-order valence-electron chi connectivity index (χ2n) is 6.16. The second kappa shape index (κ2) is 10.8. The summed E-state index contributed by atoms with van der Waals surface area (Å²) in [6, 6.07) is 0. The van der Waals surface area contributed by atoms with Crippen molar-refractivity contribution < 1.29 is 23.5 Å². The topological polar surface area (TPSA) is 76.0 Å². The molecule has 0 aromatic heterocycles. The van der Waals surface area contributed by atoms with Gasteiger partial charge in [-0.1, -0.05) is 52.0 Å². The molecule has 0 spiro atoms. The van der Waals surface area contributed by atoms with Gasteiger partial charge in [0.15, 0.2) is 8.32 Å². The summed E-state index contributed by atoms with van der Waals surface area (Å²) in [7, 11) is -4.75. The van der Waals surface area contributed by atoms with Crippen molar-refractivity contribution in [3.63, 3.8) is 0 Å². The first-order valence-corrected chi connectivity index (χ1v) is 11.2. The van der Waals surface area contributed by atoms with E-state index in [0.29, 0.717) is 0 Å². The molecule has 0 heterocycles. The van der Waals surface area contributed by atoms with Crippen molar-refractivity contribution in [3.05, 3.63) is 0 Å². The Labute approximate surface area is 125 Å². The summed E-state index contributed by atoms with van der Waals surface area (Å²) in [5, 5.41) is 8.82. The van der Waals surface area contributed by atoms with E-state index >= 15 is 0 Å². The molecule has 0 saturated heterocycles. The molecule has 0 amide bonds. The van der Waals surface area contributed by atoms with Crippen LogP contribution in [0.5, 0.6) is 0 Å². The average Bonchev–Trinajstić information content (AvgIpc) is 2.26. The third-order valence-electron chi connectivity index (χ3n) is 3.30. The minimum atomic E-state index is -2.70. The summed E-state index contributed by atoms with van der Waals surface area (Å²) >= 11 is 0. The molecule has 0 aromatic rings. The van der Waals surface area contributed by atoms with E-state index in [-0.39, 0.29) is 18.1 Å². The molecule has 0 aromatic carbocycles. The van der Waals surface area contributed by atoms with Gasteiger partial charge in [-0.3, -0.25) is 0 Å². The Morgan fingerprint density at radius 3 is 1.90 bits per heavy atom. The van der Waals surface area contributed by atoms with Crippen LogP contribution in [0.25, 0.3) is 0 Å². The molecule has 2 N–H and O–H groups in total. The molecule has 0 rings (SSSR count). The third kappa shape index (κ3) is 10.9. The molecule has 0 aliphatic carbocycles. The first-order chi connectivity index (χ1) is 9.01. The molecule has 122 valence electrons. The smallest absolute Gasteiger partial charge is 0.396 e. The summed E-state index contributed by atoms with van der Waals surface area (Å²) in [5.74, 6) is 0. The SMILES string of the molecule is CC(C)(C)[Si](C)(C)OC(CCO)O[P+](=O)O.CCCC. The van der Waals surface area contributed by atoms with Gasteiger partial charge in [0.2, 0.25) is 6.29 Å². The van der Waals surface area contributed by atoms with Gasteiger partial charge in [0.1, 0.15) is 0 Å². The minimum absolute atomic E-state index is 0.00877. The summed E-state index contributed by atoms with van der Waals surface area (Å²) in [4.78, 5) is 8.69. The zero-order chi connectivity index (χ0) is 16.4. The highest BCUT2D eigenvalue weighted by Crippen LogP contribution is 2.38. The highest BCUT2D eigenvalue weighted by Gasteiger charge is 2.41. The normalized spacial score (nSPS) is 14.3. The Bertz CT molecular complexity index is 264. The predicted molar refractivity (Wildman–Crippen MR) is 85.3 cm³/mol. The summed E-state index contributed by atoms with van der Waals surface area (Å²) < 4.78 is 21.1. The largest absolute Gasteiger partial charge is 0.697 e. The third-order valence-corrected chi connectivity index (χ3v) is 8.18. The van der Waals surface area contributed by atoms with E-state index in [1.54, 1.807) is 0 Å². The Hall–Kier alpha value is 0.157. The highest BCUT2D eigenvalue weighted by molar-refractivity contribution is 7.32. The van der Waals surface area contributed by atoms with Crippen molar-refractivity contribution in [1.29, 1.82) is 0 Å². The van der Waals surface area contributed by atoms with Crippen molar-refractivity contribution >= 4 is 16.6 Å². The van der Waals surface area contributed by atoms with Crippen LogP contribution in [0.3, 0.4) is 0 Å². The lowest BCUT2D eigenvalue weighted by molar-refractivity contribution is -0.0231. The van der Waals surface area contributed by atoms with E-state index in [0.717, 1.165) is 0 Å². The molecule has 7 heteroatoms. The zero-order valence-electron chi connectivity index (χ0n) is 14.0. The lowest BCUT2D eigenvalue weighted by Gasteiger charge is -2.37. The number of unbranched alkanes of at least 4 members (excludes halogenated alkanes) is 1. The molecule has 0 fully saturated rings. The average molecular weight is 327 g/mol. The Kier molecular flexibility index (Phi) is 12.1. The number of hydrogen-bond donors (Lipinski definition) is 2. The number of aliphatic hydroxyl groups excluding tert-OH is 1. The Morgan fingerprint density at radius 2 is 1.65 bits per heavy atom. The van der Waals surface area contributed by atoms with Crippen LogP contribution in [0.1, 0.15) is 53.9 Å². The molecule has 20 heavy (non-hydrogen) atoms. The fourth-order valence-electron chi connectivity index (χ4n) is 0.845. The molecule has 0 saturated carbocycles. The molecule has 2 unspecified atom stereocenters. The van der Waals surface area contributed by atoms with Crippen LogP contribution in [0.2, 0.25) is 18.1 Å². The van der Waals surface area contributed by atoms with Crippen molar-refractivity contribution in [2.45, 2.75) is 78.3 Å². The predicted octanol–water partition coefficient (Wildman–Crippen LogP) is 4.19. The zero-order valence-corrected chi connectivity index (χ0v) is 15.9. The molecule has 0 aliphatic heterocycles. The number of hydrogen-bond acceptors (Lipinski definition) is 4. The van der Waals surface area contributed by atoms with Gasteiger partial charge in [0.05, 0.1) is 0 Å². The standard InChI is InChI=1S/C9H21O5PSi.C4H10/c1-9(2,3)16(4,5)14-8(6-7-10)13-15(11)12;1-3-4-2/h8,10H,6-7H2,1-5H3;3-4H2,1-2H3/p+1. The monoisotopic (exact) mass is 327 g/mol. The van der Waals surface area contributed by atoms with E-state index in [9.17, 15) is 4.57 Å². The molecular formula is C13H32O5PSi+. The van der Waals surface area contributed by atoms with Gasteiger partial charge in [0.25, 0.3) is 0 Å². The summed E-state index contributed by atoms with van der Waals surface area (Å²) in [6.07, 6.45) is 2.04. The lowest BCUT2D eigenvalue weighted by Crippen LogP contribution is -2.44. The number of rotatable bonds is 7. The van der Waals surface area contributed by atoms with Crippen LogP contribution in [0.4, 0.5) is 0 Å². The first kappa shape index (κ1) is 22.4. The molecule has 0 radical (unpaired) electrons. The summed E-state index contributed by atoms with van der Waals surface area (Å²) in [6.45, 7) is 14.5. The number of aliphatic hydroxyl groups is 1. The maximum absolute atomic E-state index is 10.6. The second-order valence-corrected chi connectivity index (χ2v) is 11.6. The van der Waals surface area contributed by atoms with Crippen LogP contribution >= 0.6 is 8.25 Å². The van der Waals surface area contributed by atoms with E-state index in [1.807, 2.05) is 13.1 Å². The van der Waals surface area contributed by atoms with Gasteiger partial charge in [-0.15, -0.1) is 4.89 Å². The van der Waals surface area contributed by atoms with Crippen molar-refractivity contribution in [2.24, 2.45) is 0 Å². The van der Waals surface area contributed by atoms with E-state index < -0.39 is 22.9 Å². The quantitative estimate of drug-likeness (QED) is 0.416. The molecule has 0 bridgehead atoms. The lowest BCUT2D eigenvalue weighted by atomic mass is 10.2. The van der Waals surface area contributed by atoms with Gasteiger partial charge >= 0.3 is 8.25 Å². The Morgan fingerprint density at radius 1 is 1.20 bits per heavy atom. The van der Waals surface area contributed by atoms with E-state index in [1.165, 1.54) is 12.8 Å². The van der Waals surface area contributed by atoms with Crippen LogP contribution in [0, 0.1) is 0 Å². The van der Waals surface area contributed by atoms with Crippen LogP contribution in [-0.2, 0) is 13.5 Å². The highest BCUT2D eigenvalue weighted by atomic mass is 31.1. The molecular weight excluding hydrogens is 295 g/mol. The van der Waals surface area contributed by atoms with Gasteiger partial charge in [-0.2, -0.15) is 0 Å². The van der Waals surface area contributed by atoms with Crippen molar-refractivity contribution in [3.8, 4) is 0 Å². The molecule has 5 nitrogen and oxygen atoms in total. The maximum Gasteiger partial charge on any atom is 0.697 e. The van der Waals surface area contributed by atoms with Gasteiger partial charge in [0, 0.05) is 17.6 Å². The van der Waals surface area contributed by atoms with Crippen LogP contribution < -0.4 is 0 Å². The van der Waals surface area contributed by atoms with Crippen molar-refractivity contribution in [1.82, 2.24) is 0 Å². The minimum Gasteiger partial charge on any atom is -0.396 e. The van der Waals surface area contributed by atoms with Gasteiger partial charge in [-0.25, -0.2) is 0 Å². The van der Waals surface area contributed by atoms with Gasteiger partial charge < -0.3 is 9.53 Å². The fraction of sp³-hybridized carbons (Fsp3) is 1.00. The molecule has 0 aliphatic rings. The molecule has 2 atom stereocenters. The maximum atomic E-state index is 10.6. The van der Waals surface area contributed by atoms with Gasteiger partial charge in [-0.05, 0) is 18.1 Å². The van der Waals surface area contributed by atoms with Crippen LogP contribution in [-0.4, -0.2) is 31.2 Å². The van der Waals surface area contributed by atoms with Crippen molar-refractivity contribution in [2.75, 3.05) is 6.61 Å².